The van der Waals surface area contributed by atoms with Crippen LogP contribution in [-0.2, 0) is 14.9 Å². The third-order valence-electron chi connectivity index (χ3n) is 4.61. The van der Waals surface area contributed by atoms with Gasteiger partial charge in [0.15, 0.2) is 0 Å². The van der Waals surface area contributed by atoms with E-state index in [2.05, 4.69) is 5.32 Å². The van der Waals surface area contributed by atoms with Crippen molar-refractivity contribution in [2.45, 2.75) is 4.90 Å². The zero-order valence-corrected chi connectivity index (χ0v) is 18.1. The average Bonchev–Trinajstić information content (AvgIpc) is 2.82. The molecule has 0 unspecified atom stereocenters. The van der Waals surface area contributed by atoms with E-state index in [0.29, 0.717) is 0 Å². The van der Waals surface area contributed by atoms with Gasteiger partial charge in [-0.15, -0.1) is 0 Å². The number of hydrogen-bond donors (Lipinski definition) is 1. The Bertz CT molecular complexity index is 1130. The highest BCUT2D eigenvalue weighted by Crippen LogP contribution is 2.29. The fraction of sp³-hybridized carbons (Fsp3) is 0.174. The lowest BCUT2D eigenvalue weighted by molar-refractivity contribution is -0.0258. The largest absolute Gasteiger partial charge is 0.491 e. The lowest BCUT2D eigenvalue weighted by Crippen LogP contribution is -2.29. The Morgan fingerprint density at radius 3 is 2.42 bits per heavy atom. The first kappa shape index (κ1) is 22.5. The van der Waals surface area contributed by atoms with Gasteiger partial charge in [0.05, 0.1) is 18.6 Å². The molecule has 0 aromatic heterocycles. The van der Waals surface area contributed by atoms with Gasteiger partial charge >= 0.3 is 0 Å². The maximum atomic E-state index is 12.5. The van der Waals surface area contributed by atoms with Gasteiger partial charge in [-0.05, 0) is 29.8 Å². The summed E-state index contributed by atoms with van der Waals surface area (Å²) in [5, 5.41) is 2.75. The van der Waals surface area contributed by atoms with E-state index in [0.717, 1.165) is 21.3 Å². The first-order valence-corrected chi connectivity index (χ1v) is 11.1. The molecule has 1 amide bonds. The number of nitrogens with one attached hydrogen (secondary N) is 1. The van der Waals surface area contributed by atoms with Crippen molar-refractivity contribution in [1.29, 1.82) is 0 Å². The molecule has 0 aliphatic carbocycles. The zero-order valence-electron chi connectivity index (χ0n) is 17.3. The minimum absolute atomic E-state index is 0.0301. The quantitative estimate of drug-likeness (QED) is 0.407. The lowest BCUT2D eigenvalue weighted by Gasteiger charge is -2.15. The number of rotatable bonds is 9. The van der Waals surface area contributed by atoms with E-state index in [1.54, 1.807) is 6.07 Å². The van der Waals surface area contributed by atoms with Crippen LogP contribution in [0.5, 0.6) is 5.75 Å². The maximum absolute atomic E-state index is 12.5. The van der Waals surface area contributed by atoms with Crippen LogP contribution in [0.15, 0.2) is 83.8 Å². The second-order valence-corrected chi connectivity index (χ2v) is 8.53. The fourth-order valence-corrected chi connectivity index (χ4v) is 3.94. The molecule has 7 nitrogen and oxygen atoms in total. The summed E-state index contributed by atoms with van der Waals surface area (Å²) in [6.45, 7) is 0.525. The van der Waals surface area contributed by atoms with Crippen LogP contribution < -0.4 is 10.1 Å². The fourth-order valence-electron chi connectivity index (χ4n) is 2.92. The third kappa shape index (κ3) is 5.49. The minimum Gasteiger partial charge on any atom is -0.491 e. The normalized spacial score (nSPS) is 11.3. The molecule has 0 aliphatic rings. The van der Waals surface area contributed by atoms with Gasteiger partial charge < -0.3 is 10.1 Å². The van der Waals surface area contributed by atoms with Crippen molar-refractivity contribution in [3.63, 3.8) is 0 Å². The molecule has 0 atom stereocenters. The summed E-state index contributed by atoms with van der Waals surface area (Å²) in [4.78, 5) is 17.2. The first-order valence-electron chi connectivity index (χ1n) is 9.62. The molecule has 162 valence electrons. The van der Waals surface area contributed by atoms with Crippen molar-refractivity contribution in [2.75, 3.05) is 27.3 Å². The highest BCUT2D eigenvalue weighted by Gasteiger charge is 2.21. The number of amides is 1. The molecule has 1 N–H and O–H groups in total. The minimum atomic E-state index is -3.83. The second kappa shape index (κ2) is 10.2. The molecule has 3 aromatic rings. The van der Waals surface area contributed by atoms with Crippen molar-refractivity contribution in [2.24, 2.45) is 0 Å². The van der Waals surface area contributed by atoms with Crippen LogP contribution in [0.25, 0.3) is 11.1 Å². The summed E-state index contributed by atoms with van der Waals surface area (Å²) in [6.07, 6.45) is 0. The number of benzene rings is 3. The van der Waals surface area contributed by atoms with Gasteiger partial charge in [0, 0.05) is 18.2 Å². The summed E-state index contributed by atoms with van der Waals surface area (Å²) in [5.41, 5.74) is 2.24. The van der Waals surface area contributed by atoms with Crippen LogP contribution in [0.2, 0.25) is 0 Å². The smallest absolute Gasteiger partial charge is 0.264 e. The van der Waals surface area contributed by atoms with Crippen LogP contribution in [0.1, 0.15) is 10.4 Å². The van der Waals surface area contributed by atoms with Crippen LogP contribution in [0, 0.1) is 0 Å². The van der Waals surface area contributed by atoms with Gasteiger partial charge in [-0.1, -0.05) is 59.1 Å². The molecule has 0 saturated heterocycles. The van der Waals surface area contributed by atoms with Gasteiger partial charge in [0.25, 0.3) is 15.9 Å². The average molecular weight is 441 g/mol. The van der Waals surface area contributed by atoms with E-state index in [-0.39, 0.29) is 23.6 Å². The van der Waals surface area contributed by atoms with Crippen LogP contribution in [-0.4, -0.2) is 46.1 Å². The number of para-hydroxylation sites is 1. The molecule has 0 radical (unpaired) electrons. The number of sulfonamides is 1. The molecule has 8 heteroatoms. The topological polar surface area (TPSA) is 84.9 Å². The van der Waals surface area contributed by atoms with Gasteiger partial charge in [0.1, 0.15) is 12.4 Å². The summed E-state index contributed by atoms with van der Waals surface area (Å²) in [6, 6.07) is 23.4. The van der Waals surface area contributed by atoms with E-state index < -0.39 is 15.9 Å². The lowest BCUT2D eigenvalue weighted by atomic mass is 10.1. The number of carbonyl (C=O) groups is 1. The Morgan fingerprint density at radius 1 is 0.968 bits per heavy atom. The van der Waals surface area contributed by atoms with Gasteiger partial charge in [-0.3, -0.25) is 9.63 Å². The monoisotopic (exact) mass is 440 g/mol. The number of hydrogen-bond acceptors (Lipinski definition) is 5. The van der Waals surface area contributed by atoms with Gasteiger partial charge in [0.2, 0.25) is 0 Å². The van der Waals surface area contributed by atoms with Crippen LogP contribution in [0.4, 0.5) is 0 Å². The summed E-state index contributed by atoms with van der Waals surface area (Å²) in [7, 11) is -1.29. The Morgan fingerprint density at radius 2 is 1.68 bits per heavy atom. The Balaban J connectivity index is 1.61. The van der Waals surface area contributed by atoms with Crippen molar-refractivity contribution >= 4 is 15.9 Å². The highest BCUT2D eigenvalue weighted by atomic mass is 32.2. The summed E-state index contributed by atoms with van der Waals surface area (Å²) in [5.74, 6) is 0.329. The van der Waals surface area contributed by atoms with E-state index >= 15 is 0 Å². The molecule has 3 rings (SSSR count). The molecule has 31 heavy (non-hydrogen) atoms. The molecule has 0 bridgehead atoms. The Kier molecular flexibility index (Phi) is 7.41. The van der Waals surface area contributed by atoms with E-state index in [9.17, 15) is 13.2 Å². The van der Waals surface area contributed by atoms with Crippen LogP contribution in [0.3, 0.4) is 0 Å². The molecular formula is C23H24N2O5S. The van der Waals surface area contributed by atoms with Gasteiger partial charge in [-0.2, -0.15) is 0 Å². The van der Waals surface area contributed by atoms with E-state index in [1.165, 1.54) is 32.4 Å². The number of hydroxylamine groups is 1. The molecule has 0 aliphatic heterocycles. The van der Waals surface area contributed by atoms with Crippen molar-refractivity contribution in [3.05, 3.63) is 84.4 Å². The Hall–Kier alpha value is -3.20. The highest BCUT2D eigenvalue weighted by molar-refractivity contribution is 7.89. The third-order valence-corrected chi connectivity index (χ3v) is 6.28. The van der Waals surface area contributed by atoms with Crippen LogP contribution >= 0.6 is 0 Å². The SMILES string of the molecule is CON(C)S(=O)(=O)c1cccc(C(=O)NCCOc2ccccc2-c2ccccc2)c1. The molecule has 0 saturated carbocycles. The van der Waals surface area contributed by atoms with Crippen molar-refractivity contribution < 1.29 is 22.8 Å². The molecular weight excluding hydrogens is 416 g/mol. The van der Waals surface area contributed by atoms with Crippen molar-refractivity contribution in [1.82, 2.24) is 9.79 Å². The predicted octanol–water partition coefficient (Wildman–Crippen LogP) is 3.34. The predicted molar refractivity (Wildman–Crippen MR) is 118 cm³/mol. The summed E-state index contributed by atoms with van der Waals surface area (Å²) < 4.78 is 31.3. The zero-order chi connectivity index (χ0) is 22.3. The molecule has 0 heterocycles. The molecule has 0 fully saturated rings. The summed E-state index contributed by atoms with van der Waals surface area (Å²) >= 11 is 0. The maximum Gasteiger partial charge on any atom is 0.264 e. The number of nitrogens with zero attached hydrogens (tertiary/aromatic N) is 1. The van der Waals surface area contributed by atoms with Gasteiger partial charge in [-0.25, -0.2) is 8.42 Å². The van der Waals surface area contributed by atoms with E-state index in [1.807, 2.05) is 54.6 Å². The van der Waals surface area contributed by atoms with Crippen molar-refractivity contribution in [3.8, 4) is 16.9 Å². The molecule has 0 spiro atoms. The van der Waals surface area contributed by atoms with E-state index in [4.69, 9.17) is 9.57 Å². The number of ether oxygens (including phenoxy) is 1. The standard InChI is InChI=1S/C23H24N2O5S/c1-25(29-2)31(27,28)20-12-8-11-19(17-20)23(26)24-15-16-30-22-14-7-6-13-21(22)18-9-4-3-5-10-18/h3-14,17H,15-16H2,1-2H3,(H,24,26). The Labute approximate surface area is 182 Å². The second-order valence-electron chi connectivity index (χ2n) is 6.59. The first-order chi connectivity index (χ1) is 14.9. The molecule has 3 aromatic carbocycles. The number of carbonyl (C=O) groups excluding carboxylic acids is 1.